The van der Waals surface area contributed by atoms with E-state index < -0.39 is 0 Å². The van der Waals surface area contributed by atoms with Crippen molar-refractivity contribution in [2.75, 3.05) is 23.5 Å². The monoisotopic (exact) mass is 510 g/mol. The molecular weight excluding hydrogens is 484 g/mol. The van der Waals surface area contributed by atoms with Crippen LogP contribution in [0.3, 0.4) is 0 Å². The normalized spacial score (nSPS) is 12.9. The SMILES string of the molecule is CN1C=CN(c2cccc(Oc3cc(N(c4ccccc4)c4ccccn4)cc4c3oc3ccccc34)c2)C1. The quantitative estimate of drug-likeness (QED) is 0.224. The molecule has 4 aromatic carbocycles. The highest BCUT2D eigenvalue weighted by atomic mass is 16.5. The molecule has 2 aromatic heterocycles. The molecule has 0 aliphatic carbocycles. The second-order valence-corrected chi connectivity index (χ2v) is 9.54. The molecule has 0 unspecified atom stereocenters. The average molecular weight is 511 g/mol. The number of rotatable bonds is 6. The van der Waals surface area contributed by atoms with Crippen molar-refractivity contribution >= 4 is 44.8 Å². The molecule has 0 radical (unpaired) electrons. The van der Waals surface area contributed by atoms with Gasteiger partial charge in [-0.3, -0.25) is 4.90 Å². The minimum Gasteiger partial charge on any atom is -0.453 e. The maximum Gasteiger partial charge on any atom is 0.178 e. The molecule has 7 rings (SSSR count). The molecule has 0 fully saturated rings. The summed E-state index contributed by atoms with van der Waals surface area (Å²) in [4.78, 5) is 11.1. The fraction of sp³-hybridized carbons (Fsp3) is 0.0606. The van der Waals surface area contributed by atoms with Gasteiger partial charge in [0, 0.05) is 59.9 Å². The lowest BCUT2D eigenvalue weighted by molar-refractivity contribution is 0.475. The van der Waals surface area contributed by atoms with Crippen LogP contribution in [0.5, 0.6) is 11.5 Å². The summed E-state index contributed by atoms with van der Waals surface area (Å²) >= 11 is 0. The van der Waals surface area contributed by atoms with Gasteiger partial charge < -0.3 is 19.0 Å². The van der Waals surface area contributed by atoms with Gasteiger partial charge in [-0.1, -0.05) is 48.5 Å². The van der Waals surface area contributed by atoms with Gasteiger partial charge >= 0.3 is 0 Å². The number of ether oxygens (including phenoxy) is 1. The van der Waals surface area contributed by atoms with E-state index >= 15 is 0 Å². The van der Waals surface area contributed by atoms with E-state index in [2.05, 4.69) is 75.5 Å². The van der Waals surface area contributed by atoms with Crippen LogP contribution in [0.25, 0.3) is 21.9 Å². The predicted molar refractivity (Wildman–Crippen MR) is 157 cm³/mol. The minimum atomic E-state index is 0.641. The van der Waals surface area contributed by atoms with E-state index in [0.29, 0.717) is 11.3 Å². The number of hydrogen-bond donors (Lipinski definition) is 0. The van der Waals surface area contributed by atoms with E-state index in [9.17, 15) is 0 Å². The van der Waals surface area contributed by atoms with Crippen LogP contribution in [0.1, 0.15) is 0 Å². The standard InChI is InChI=1S/C33H26N4O2/c1-35-18-19-36(23-35)25-12-9-13-27(20-25)38-31-22-26(21-29-28-14-5-6-15-30(28)39-33(29)31)37(24-10-3-2-4-11-24)32-16-7-8-17-34-32/h2-22H,23H2,1H3. The lowest BCUT2D eigenvalue weighted by atomic mass is 10.1. The van der Waals surface area contributed by atoms with Crippen molar-refractivity contribution in [3.8, 4) is 11.5 Å². The van der Waals surface area contributed by atoms with Gasteiger partial charge in [-0.05, 0) is 48.5 Å². The molecule has 0 N–H and O–H groups in total. The first-order valence-corrected chi connectivity index (χ1v) is 12.9. The third kappa shape index (κ3) is 4.32. The Morgan fingerprint density at radius 3 is 2.44 bits per heavy atom. The molecule has 0 saturated carbocycles. The lowest BCUT2D eigenvalue weighted by Crippen LogP contribution is -2.21. The molecule has 6 nitrogen and oxygen atoms in total. The van der Waals surface area contributed by atoms with Crippen molar-refractivity contribution in [3.63, 3.8) is 0 Å². The Bertz CT molecular complexity index is 1760. The van der Waals surface area contributed by atoms with Gasteiger partial charge in [-0.25, -0.2) is 4.98 Å². The number of hydrogen-bond acceptors (Lipinski definition) is 6. The molecule has 0 saturated heterocycles. The van der Waals surface area contributed by atoms with Crippen molar-refractivity contribution in [3.05, 3.63) is 128 Å². The third-order valence-electron chi connectivity index (χ3n) is 6.83. The number of pyridine rings is 1. The molecule has 1 aliphatic rings. The van der Waals surface area contributed by atoms with Gasteiger partial charge in [0.2, 0.25) is 0 Å². The van der Waals surface area contributed by atoms with Crippen LogP contribution in [-0.2, 0) is 0 Å². The predicted octanol–water partition coefficient (Wildman–Crippen LogP) is 8.42. The Labute approximate surface area is 226 Å². The number of furan rings is 1. The topological polar surface area (TPSA) is 45.0 Å². The fourth-order valence-corrected chi connectivity index (χ4v) is 5.01. The maximum atomic E-state index is 6.61. The van der Waals surface area contributed by atoms with Crippen LogP contribution in [0, 0.1) is 0 Å². The van der Waals surface area contributed by atoms with Gasteiger partial charge in [0.15, 0.2) is 11.3 Å². The highest BCUT2D eigenvalue weighted by Crippen LogP contribution is 2.43. The summed E-state index contributed by atoms with van der Waals surface area (Å²) in [5.74, 6) is 2.19. The van der Waals surface area contributed by atoms with Crippen molar-refractivity contribution in [2.24, 2.45) is 0 Å². The van der Waals surface area contributed by atoms with Crippen molar-refractivity contribution in [1.29, 1.82) is 0 Å². The van der Waals surface area contributed by atoms with Crippen LogP contribution in [0.2, 0.25) is 0 Å². The summed E-state index contributed by atoms with van der Waals surface area (Å²) in [6, 6.07) is 36.6. The fourth-order valence-electron chi connectivity index (χ4n) is 5.01. The summed E-state index contributed by atoms with van der Waals surface area (Å²) in [5, 5.41) is 2.02. The van der Waals surface area contributed by atoms with E-state index in [1.54, 1.807) is 0 Å². The summed E-state index contributed by atoms with van der Waals surface area (Å²) in [6.07, 6.45) is 5.94. The molecule has 1 aliphatic heterocycles. The van der Waals surface area contributed by atoms with E-state index in [4.69, 9.17) is 9.15 Å². The van der Waals surface area contributed by atoms with E-state index in [1.807, 2.05) is 79.0 Å². The summed E-state index contributed by atoms with van der Waals surface area (Å²) < 4.78 is 13.0. The average Bonchev–Trinajstić information content (AvgIpc) is 3.59. The van der Waals surface area contributed by atoms with E-state index in [1.165, 1.54) is 0 Å². The van der Waals surface area contributed by atoms with Crippen LogP contribution >= 0.6 is 0 Å². The van der Waals surface area contributed by atoms with Gasteiger partial charge in [-0.2, -0.15) is 0 Å². The zero-order valence-electron chi connectivity index (χ0n) is 21.4. The third-order valence-corrected chi connectivity index (χ3v) is 6.83. The van der Waals surface area contributed by atoms with Gasteiger partial charge in [0.25, 0.3) is 0 Å². The van der Waals surface area contributed by atoms with Crippen LogP contribution in [0.4, 0.5) is 22.9 Å². The molecular formula is C33H26N4O2. The highest BCUT2D eigenvalue weighted by Gasteiger charge is 2.20. The van der Waals surface area contributed by atoms with Crippen molar-refractivity contribution in [1.82, 2.24) is 9.88 Å². The molecule has 0 spiro atoms. The van der Waals surface area contributed by atoms with Gasteiger partial charge in [-0.15, -0.1) is 0 Å². The Hall–Kier alpha value is -5.23. The minimum absolute atomic E-state index is 0.641. The van der Waals surface area contributed by atoms with E-state index in [0.717, 1.165) is 51.7 Å². The van der Waals surface area contributed by atoms with Crippen LogP contribution in [0.15, 0.2) is 132 Å². The molecule has 0 atom stereocenters. The second kappa shape index (κ2) is 9.58. The Kier molecular flexibility index (Phi) is 5.63. The smallest absolute Gasteiger partial charge is 0.178 e. The summed E-state index contributed by atoms with van der Waals surface area (Å²) in [7, 11) is 2.06. The molecule has 190 valence electrons. The van der Waals surface area contributed by atoms with Crippen LogP contribution in [-0.4, -0.2) is 23.6 Å². The van der Waals surface area contributed by atoms with E-state index in [-0.39, 0.29) is 0 Å². The van der Waals surface area contributed by atoms with Crippen molar-refractivity contribution in [2.45, 2.75) is 0 Å². The molecule has 6 heteroatoms. The van der Waals surface area contributed by atoms with Gasteiger partial charge in [0.05, 0.1) is 12.4 Å². The number of nitrogens with zero attached hydrogens (tertiary/aromatic N) is 4. The lowest BCUT2D eigenvalue weighted by Gasteiger charge is -2.25. The molecule has 39 heavy (non-hydrogen) atoms. The summed E-state index contributed by atoms with van der Waals surface area (Å²) in [6.45, 7) is 0.795. The largest absolute Gasteiger partial charge is 0.453 e. The Balaban J connectivity index is 1.39. The number of para-hydroxylation sites is 2. The van der Waals surface area contributed by atoms with Crippen LogP contribution < -0.4 is 14.5 Å². The first-order chi connectivity index (χ1) is 19.2. The van der Waals surface area contributed by atoms with Crippen molar-refractivity contribution < 1.29 is 9.15 Å². The Morgan fingerprint density at radius 2 is 1.62 bits per heavy atom. The van der Waals surface area contributed by atoms with Gasteiger partial charge in [0.1, 0.15) is 17.2 Å². The first-order valence-electron chi connectivity index (χ1n) is 12.9. The molecule has 0 amide bonds. The number of anilines is 4. The summed E-state index contributed by atoms with van der Waals surface area (Å²) in [5.41, 5.74) is 4.51. The molecule has 0 bridgehead atoms. The first kappa shape index (κ1) is 22.9. The highest BCUT2D eigenvalue weighted by molar-refractivity contribution is 6.08. The molecule has 3 heterocycles. The second-order valence-electron chi connectivity index (χ2n) is 9.54. The zero-order valence-corrected chi connectivity index (χ0v) is 21.4. The number of benzene rings is 4. The Morgan fingerprint density at radius 1 is 0.769 bits per heavy atom. The maximum absolute atomic E-state index is 6.61. The number of aromatic nitrogens is 1. The zero-order chi connectivity index (χ0) is 26.2. The molecule has 6 aromatic rings. The number of fused-ring (bicyclic) bond motifs is 3.